The van der Waals surface area contributed by atoms with Crippen molar-refractivity contribution in [3.05, 3.63) is 149 Å². The smallest absolute Gasteiger partial charge is 0.327 e. The number of nitrogens with zero attached hydrogens (tertiary/aromatic N) is 2. The van der Waals surface area contributed by atoms with Gasteiger partial charge in [0.15, 0.2) is 6.04 Å². The van der Waals surface area contributed by atoms with Gasteiger partial charge in [-0.2, -0.15) is 5.06 Å². The summed E-state index contributed by atoms with van der Waals surface area (Å²) in [6, 6.07) is 31.3. The van der Waals surface area contributed by atoms with Crippen molar-refractivity contribution in [2.75, 3.05) is 20.7 Å². The number of hydroxylamine groups is 2. The first-order valence-electron chi connectivity index (χ1n) is 22.2. The molecule has 4 fully saturated rings. The molecule has 7 atom stereocenters. The molecule has 3 saturated heterocycles. The Morgan fingerprint density at radius 1 is 0.894 bits per heavy atom. The molecule has 15 nitrogen and oxygen atoms in total. The van der Waals surface area contributed by atoms with Crippen LogP contribution in [0.4, 0.5) is 0 Å². The summed E-state index contributed by atoms with van der Waals surface area (Å²) in [5.41, 5.74) is 1.65. The predicted octanol–water partition coefficient (Wildman–Crippen LogP) is 4.80. The number of benzene rings is 4. The quantitative estimate of drug-likeness (QED) is 0.110. The lowest BCUT2D eigenvalue weighted by Gasteiger charge is -2.48. The number of rotatable bonds is 15. The summed E-state index contributed by atoms with van der Waals surface area (Å²) in [4.78, 5) is 76.0. The molecular formula is C51H56N4O11. The minimum atomic E-state index is -1.51. The number of likely N-dealkylation sites (N-methyl/N-ethyl adjacent to an activating group) is 1. The Labute approximate surface area is 383 Å². The van der Waals surface area contributed by atoms with E-state index in [1.54, 1.807) is 65.2 Å². The van der Waals surface area contributed by atoms with Crippen LogP contribution in [-0.4, -0.2) is 108 Å². The molecule has 1 aliphatic carbocycles. The molecule has 4 aromatic carbocycles. The third-order valence-corrected chi connectivity index (χ3v) is 12.3. The van der Waals surface area contributed by atoms with Gasteiger partial charge in [-0.05, 0) is 62.1 Å². The number of carbonyl (C=O) groups is 5. The number of aliphatic hydroxyl groups is 1. The van der Waals surface area contributed by atoms with Gasteiger partial charge in [0.2, 0.25) is 17.6 Å². The summed E-state index contributed by atoms with van der Waals surface area (Å²) in [5.74, 6) is -3.60. The zero-order valence-corrected chi connectivity index (χ0v) is 37.7. The average Bonchev–Trinajstić information content (AvgIpc) is 3.88. The first kappa shape index (κ1) is 46.3. The van der Waals surface area contributed by atoms with Crippen molar-refractivity contribution in [3.8, 4) is 0 Å². The van der Waals surface area contributed by atoms with E-state index in [1.165, 1.54) is 16.0 Å². The van der Waals surface area contributed by atoms with Crippen molar-refractivity contribution in [2.45, 2.75) is 101 Å². The highest BCUT2D eigenvalue weighted by atomic mass is 16.8. The molecule has 0 aromatic heterocycles. The number of aliphatic hydroxyl groups excluding tert-OH is 1. The van der Waals surface area contributed by atoms with Gasteiger partial charge in [0.25, 0.3) is 5.91 Å². The Hall–Kier alpha value is -6.23. The summed E-state index contributed by atoms with van der Waals surface area (Å²) in [7, 11) is 3.34. The lowest BCUT2D eigenvalue weighted by molar-refractivity contribution is -0.213. The first-order valence-corrected chi connectivity index (χ1v) is 22.2. The maximum absolute atomic E-state index is 15.2. The topological polar surface area (TPSA) is 182 Å². The van der Waals surface area contributed by atoms with Crippen LogP contribution in [0.1, 0.15) is 78.2 Å². The summed E-state index contributed by atoms with van der Waals surface area (Å²) < 4.78 is 25.7. The Balaban J connectivity index is 1.08. The van der Waals surface area contributed by atoms with Crippen LogP contribution in [0.3, 0.4) is 0 Å². The van der Waals surface area contributed by atoms with Crippen LogP contribution >= 0.6 is 0 Å². The number of nitrogens with one attached hydrogen (secondary N) is 2. The summed E-state index contributed by atoms with van der Waals surface area (Å²) in [6.07, 6.45) is -0.140. The Bertz CT molecular complexity index is 2430. The molecule has 0 radical (unpaired) electrons. The normalized spacial score (nSPS) is 24.5. The zero-order valence-electron chi connectivity index (χ0n) is 37.7. The van der Waals surface area contributed by atoms with Crippen LogP contribution in [0.25, 0.3) is 6.08 Å². The van der Waals surface area contributed by atoms with Crippen LogP contribution in [0.15, 0.2) is 115 Å². The van der Waals surface area contributed by atoms with E-state index in [4.69, 9.17) is 23.8 Å². The highest BCUT2D eigenvalue weighted by Crippen LogP contribution is 2.59. The first-order chi connectivity index (χ1) is 31.6. The van der Waals surface area contributed by atoms with Gasteiger partial charge in [-0.25, -0.2) is 0 Å². The van der Waals surface area contributed by atoms with E-state index in [2.05, 4.69) is 10.6 Å². The molecular weight excluding hydrogens is 845 g/mol. The number of hydrogen-bond donors (Lipinski definition) is 3. The fourth-order valence-electron chi connectivity index (χ4n) is 9.31. The second-order valence-corrected chi connectivity index (χ2v) is 18.4. The molecule has 4 aromatic rings. The lowest BCUT2D eigenvalue weighted by atomic mass is 9.62. The third kappa shape index (κ3) is 9.40. The molecule has 66 heavy (non-hydrogen) atoms. The molecule has 3 N–H and O–H groups in total. The van der Waals surface area contributed by atoms with Gasteiger partial charge in [-0.15, -0.1) is 0 Å². The predicted molar refractivity (Wildman–Crippen MR) is 240 cm³/mol. The van der Waals surface area contributed by atoms with Crippen LogP contribution < -0.4 is 10.6 Å². The van der Waals surface area contributed by atoms with Crippen LogP contribution in [0, 0.1) is 5.41 Å². The standard InChI is InChI=1S/C51H56N4O11/c1-49(2,3)63-41(58)25-23-38(31-56)53-46(59)35-17-13-15-33(27-35)29-52-48(61)50-28-39-42-43(65-51(64-42,36-18-8-6-9-19-36)37-20-10-7-11-21-37)45(50)66-55(44(50)47(60)62-39)30-34-16-12-14-32(26-34)22-24-40(57)54(4)5/h6-22,24,26-27,38-39,42-45,56H,23,25,28-31H2,1-5H3,(H,52,61)(H,53,59)/t38-,39-,42-,43-,44-,45+,50-/m0/s1. The molecule has 1 saturated carbocycles. The highest BCUT2D eigenvalue weighted by molar-refractivity contribution is 5.95. The van der Waals surface area contributed by atoms with Gasteiger partial charge < -0.3 is 39.6 Å². The van der Waals surface area contributed by atoms with Gasteiger partial charge in [0, 0.05) is 56.2 Å². The molecule has 0 unspecified atom stereocenters. The van der Waals surface area contributed by atoms with Gasteiger partial charge in [-0.3, -0.25) is 28.8 Å². The number of esters is 2. The van der Waals surface area contributed by atoms with Crippen molar-refractivity contribution < 1.29 is 52.9 Å². The monoisotopic (exact) mass is 900 g/mol. The van der Waals surface area contributed by atoms with Crippen molar-refractivity contribution in [1.82, 2.24) is 20.6 Å². The lowest BCUT2D eigenvalue weighted by Crippen LogP contribution is -2.69. The molecule has 3 amide bonds. The number of fused-ring (bicyclic) bond motifs is 4. The second kappa shape index (κ2) is 18.9. The molecule has 8 rings (SSSR count). The van der Waals surface area contributed by atoms with Crippen LogP contribution in [0.2, 0.25) is 0 Å². The number of hydrogen-bond acceptors (Lipinski definition) is 12. The molecule has 2 bridgehead atoms. The Morgan fingerprint density at radius 2 is 1.56 bits per heavy atom. The summed E-state index contributed by atoms with van der Waals surface area (Å²) in [5, 5.41) is 17.4. The Kier molecular flexibility index (Phi) is 13.3. The number of amides is 3. The SMILES string of the molecule is CN(C)C(=O)C=Cc1cccc(CN2O[C@@H]3[C@H]4OC(c5ccccc5)(c5ccccc5)O[C@H]4[C@@H]4C[C@]3(C(=O)NCc3cccc(C(=O)N[C@H](CO)CCC(=O)OC(C)(C)C)c3)[C@@H]2C(=O)O4)c1. The van der Waals surface area contributed by atoms with Crippen molar-refractivity contribution in [2.24, 2.45) is 5.41 Å². The minimum Gasteiger partial charge on any atom is -0.460 e. The summed E-state index contributed by atoms with van der Waals surface area (Å²) >= 11 is 0. The largest absolute Gasteiger partial charge is 0.460 e. The number of carbonyl (C=O) groups excluding carboxylic acids is 5. The minimum absolute atomic E-state index is 0.00754. The van der Waals surface area contributed by atoms with Crippen LogP contribution in [0.5, 0.6) is 0 Å². The van der Waals surface area contributed by atoms with Crippen molar-refractivity contribution >= 4 is 35.7 Å². The molecule has 4 aliphatic rings. The Morgan fingerprint density at radius 3 is 2.23 bits per heavy atom. The van der Waals surface area contributed by atoms with E-state index < -0.39 is 77.1 Å². The van der Waals surface area contributed by atoms with E-state index in [9.17, 15) is 24.3 Å². The zero-order chi connectivity index (χ0) is 46.8. The van der Waals surface area contributed by atoms with E-state index in [0.717, 1.165) is 11.1 Å². The highest BCUT2D eigenvalue weighted by Gasteiger charge is 2.76. The molecule has 0 spiro atoms. The maximum atomic E-state index is 15.2. The van der Waals surface area contributed by atoms with Gasteiger partial charge in [-0.1, -0.05) is 97.1 Å². The van der Waals surface area contributed by atoms with Crippen molar-refractivity contribution in [3.63, 3.8) is 0 Å². The van der Waals surface area contributed by atoms with Gasteiger partial charge >= 0.3 is 11.9 Å². The molecule has 346 valence electrons. The summed E-state index contributed by atoms with van der Waals surface area (Å²) in [6.45, 7) is 5.00. The molecule has 3 aliphatic heterocycles. The van der Waals surface area contributed by atoms with Gasteiger partial charge in [0.05, 0.1) is 19.2 Å². The molecule has 3 heterocycles. The third-order valence-electron chi connectivity index (χ3n) is 12.3. The second-order valence-electron chi connectivity index (χ2n) is 18.4. The van der Waals surface area contributed by atoms with Crippen LogP contribution in [-0.2, 0) is 61.8 Å². The van der Waals surface area contributed by atoms with E-state index in [0.29, 0.717) is 16.7 Å². The van der Waals surface area contributed by atoms with Gasteiger partial charge in [0.1, 0.15) is 35.4 Å². The van der Waals surface area contributed by atoms with Crippen molar-refractivity contribution in [1.29, 1.82) is 0 Å². The fourth-order valence-corrected chi connectivity index (χ4v) is 9.31. The fraction of sp³-hybridized carbons (Fsp3) is 0.392. The van der Waals surface area contributed by atoms with E-state index >= 15 is 4.79 Å². The average molecular weight is 901 g/mol. The maximum Gasteiger partial charge on any atom is 0.327 e. The van der Waals surface area contributed by atoms with E-state index in [1.807, 2.05) is 84.9 Å². The van der Waals surface area contributed by atoms with E-state index in [-0.39, 0.29) is 50.4 Å². The molecule has 15 heteroatoms. The number of ether oxygens (including phenoxy) is 4.